The fourth-order valence-corrected chi connectivity index (χ4v) is 1.66. The molecule has 1 aromatic heterocycles. The molecule has 0 saturated heterocycles. The Hall–Kier alpha value is -1.68. The van der Waals surface area contributed by atoms with Crippen LogP contribution in [0, 0.1) is 5.82 Å². The average Bonchev–Trinajstić information content (AvgIpc) is 2.23. The molecule has 0 aliphatic heterocycles. The molecule has 2 aromatic rings. The maximum Gasteiger partial charge on any atom is 0.250 e. The minimum absolute atomic E-state index is 0.220. The highest BCUT2D eigenvalue weighted by Gasteiger charge is 2.06. The van der Waals surface area contributed by atoms with E-state index in [1.807, 2.05) is 0 Å². The molecule has 0 aliphatic rings. The van der Waals surface area contributed by atoms with Gasteiger partial charge in [0.15, 0.2) is 0 Å². The maximum absolute atomic E-state index is 13.7. The average molecular weight is 206 g/mol. The van der Waals surface area contributed by atoms with Crippen molar-refractivity contribution in [2.45, 2.75) is 6.54 Å². The minimum Gasteiger partial charge on any atom is -0.326 e. The Bertz CT molecular complexity index is 575. The molecule has 0 bridgehead atoms. The van der Waals surface area contributed by atoms with Gasteiger partial charge in [-0.25, -0.2) is 4.39 Å². The molecule has 3 nitrogen and oxygen atoms in total. The standard InChI is InChI=1S/C11H11FN2O/c1-14-10(15)3-2-8-4-7(6-13)5-9(12)11(8)14/h2-5H,6,13H2,1H3. The molecule has 1 aromatic carbocycles. The summed E-state index contributed by atoms with van der Waals surface area (Å²) in [6, 6.07) is 6.18. The second kappa shape index (κ2) is 3.47. The van der Waals surface area contributed by atoms with Gasteiger partial charge in [-0.3, -0.25) is 4.79 Å². The van der Waals surface area contributed by atoms with Crippen LogP contribution in [0.1, 0.15) is 5.56 Å². The Morgan fingerprint density at radius 3 is 2.80 bits per heavy atom. The van der Waals surface area contributed by atoms with E-state index < -0.39 is 5.82 Å². The van der Waals surface area contributed by atoms with E-state index in [0.717, 1.165) is 5.56 Å². The zero-order valence-electron chi connectivity index (χ0n) is 8.33. The van der Waals surface area contributed by atoms with Crippen molar-refractivity contribution in [2.24, 2.45) is 12.8 Å². The highest BCUT2D eigenvalue weighted by Crippen LogP contribution is 2.17. The zero-order chi connectivity index (χ0) is 11.0. The summed E-state index contributed by atoms with van der Waals surface area (Å²) < 4.78 is 15.0. The number of halogens is 1. The van der Waals surface area contributed by atoms with Crippen LogP contribution < -0.4 is 11.3 Å². The van der Waals surface area contributed by atoms with E-state index in [1.54, 1.807) is 19.2 Å². The molecule has 78 valence electrons. The number of nitrogens with two attached hydrogens (primary N) is 1. The highest BCUT2D eigenvalue weighted by molar-refractivity contribution is 5.80. The molecule has 0 saturated carbocycles. The van der Waals surface area contributed by atoms with Crippen molar-refractivity contribution in [3.63, 3.8) is 0 Å². The van der Waals surface area contributed by atoms with Crippen molar-refractivity contribution >= 4 is 10.9 Å². The zero-order valence-corrected chi connectivity index (χ0v) is 8.33. The van der Waals surface area contributed by atoms with Crippen molar-refractivity contribution in [2.75, 3.05) is 0 Å². The molecule has 0 unspecified atom stereocenters. The van der Waals surface area contributed by atoms with Gasteiger partial charge >= 0.3 is 0 Å². The number of hydrogen-bond donors (Lipinski definition) is 1. The SMILES string of the molecule is Cn1c(=O)ccc2cc(CN)cc(F)c21. The van der Waals surface area contributed by atoms with Gasteiger partial charge in [-0.05, 0) is 23.8 Å². The van der Waals surface area contributed by atoms with Gasteiger partial charge in [0.1, 0.15) is 5.82 Å². The third kappa shape index (κ3) is 1.53. The largest absolute Gasteiger partial charge is 0.326 e. The first kappa shape index (κ1) is 9.86. The molecular formula is C11H11FN2O. The van der Waals surface area contributed by atoms with Crippen molar-refractivity contribution in [3.8, 4) is 0 Å². The number of hydrogen-bond acceptors (Lipinski definition) is 2. The van der Waals surface area contributed by atoms with Gasteiger partial charge in [0.2, 0.25) is 0 Å². The number of aryl methyl sites for hydroxylation is 1. The minimum atomic E-state index is -0.409. The van der Waals surface area contributed by atoms with E-state index in [4.69, 9.17) is 5.73 Å². The van der Waals surface area contributed by atoms with Gasteiger partial charge in [0, 0.05) is 25.0 Å². The van der Waals surface area contributed by atoms with E-state index >= 15 is 0 Å². The summed E-state index contributed by atoms with van der Waals surface area (Å²) in [5.74, 6) is -0.409. The van der Waals surface area contributed by atoms with E-state index in [2.05, 4.69) is 0 Å². The molecule has 0 amide bonds. The van der Waals surface area contributed by atoms with E-state index in [1.165, 1.54) is 16.7 Å². The second-order valence-corrected chi connectivity index (χ2v) is 3.45. The van der Waals surface area contributed by atoms with E-state index in [0.29, 0.717) is 10.9 Å². The molecule has 1 heterocycles. The lowest BCUT2D eigenvalue weighted by molar-refractivity contribution is 0.627. The monoisotopic (exact) mass is 206 g/mol. The van der Waals surface area contributed by atoms with Crippen molar-refractivity contribution in [1.82, 2.24) is 4.57 Å². The van der Waals surface area contributed by atoms with Gasteiger partial charge in [-0.1, -0.05) is 0 Å². The van der Waals surface area contributed by atoms with Gasteiger partial charge in [0.05, 0.1) is 5.52 Å². The normalized spacial score (nSPS) is 10.9. The van der Waals surface area contributed by atoms with Crippen LogP contribution in [0.2, 0.25) is 0 Å². The summed E-state index contributed by atoms with van der Waals surface area (Å²) in [6.07, 6.45) is 0. The summed E-state index contributed by atoms with van der Waals surface area (Å²) in [7, 11) is 1.55. The number of benzene rings is 1. The molecule has 0 aliphatic carbocycles. The Labute approximate surface area is 85.9 Å². The molecule has 0 radical (unpaired) electrons. The van der Waals surface area contributed by atoms with Crippen LogP contribution in [-0.4, -0.2) is 4.57 Å². The second-order valence-electron chi connectivity index (χ2n) is 3.45. The Kier molecular flexibility index (Phi) is 2.28. The van der Waals surface area contributed by atoms with Crippen molar-refractivity contribution < 1.29 is 4.39 Å². The van der Waals surface area contributed by atoms with Crippen molar-refractivity contribution in [3.05, 3.63) is 46.0 Å². The highest BCUT2D eigenvalue weighted by atomic mass is 19.1. The quantitative estimate of drug-likeness (QED) is 0.760. The Balaban J connectivity index is 2.91. The third-order valence-corrected chi connectivity index (χ3v) is 2.46. The molecule has 2 N–H and O–H groups in total. The molecule has 2 rings (SSSR count). The number of pyridine rings is 1. The van der Waals surface area contributed by atoms with Crippen LogP contribution in [0.4, 0.5) is 4.39 Å². The van der Waals surface area contributed by atoms with Gasteiger partial charge in [-0.2, -0.15) is 0 Å². The van der Waals surface area contributed by atoms with Gasteiger partial charge < -0.3 is 10.3 Å². The fourth-order valence-electron chi connectivity index (χ4n) is 1.66. The van der Waals surface area contributed by atoms with Crippen LogP contribution >= 0.6 is 0 Å². The summed E-state index contributed by atoms with van der Waals surface area (Å²) >= 11 is 0. The number of aromatic nitrogens is 1. The third-order valence-electron chi connectivity index (χ3n) is 2.46. The molecule has 0 atom stereocenters. The van der Waals surface area contributed by atoms with Crippen LogP contribution in [0.5, 0.6) is 0 Å². The summed E-state index contributed by atoms with van der Waals surface area (Å²) in [4.78, 5) is 11.3. The Morgan fingerprint density at radius 2 is 2.13 bits per heavy atom. The smallest absolute Gasteiger partial charge is 0.250 e. The van der Waals surface area contributed by atoms with Crippen LogP contribution in [0.25, 0.3) is 10.9 Å². The van der Waals surface area contributed by atoms with Crippen molar-refractivity contribution in [1.29, 1.82) is 0 Å². The Morgan fingerprint density at radius 1 is 1.40 bits per heavy atom. The molecule has 0 spiro atoms. The summed E-state index contributed by atoms with van der Waals surface area (Å²) in [6.45, 7) is 0.287. The lowest BCUT2D eigenvalue weighted by Gasteiger charge is -2.07. The molecule has 15 heavy (non-hydrogen) atoms. The maximum atomic E-state index is 13.7. The van der Waals surface area contributed by atoms with Crippen LogP contribution in [0.3, 0.4) is 0 Å². The predicted molar refractivity (Wildman–Crippen MR) is 57.0 cm³/mol. The first-order chi connectivity index (χ1) is 7.13. The van der Waals surface area contributed by atoms with Gasteiger partial charge in [0.25, 0.3) is 5.56 Å². The molecular weight excluding hydrogens is 195 g/mol. The lowest BCUT2D eigenvalue weighted by atomic mass is 10.1. The number of nitrogens with zero attached hydrogens (tertiary/aromatic N) is 1. The van der Waals surface area contributed by atoms with E-state index in [-0.39, 0.29) is 12.1 Å². The molecule has 4 heteroatoms. The van der Waals surface area contributed by atoms with Crippen LogP contribution in [0.15, 0.2) is 29.1 Å². The molecule has 0 fully saturated rings. The lowest BCUT2D eigenvalue weighted by Crippen LogP contribution is -2.16. The summed E-state index contributed by atoms with van der Waals surface area (Å²) in [5, 5.41) is 0.692. The fraction of sp³-hybridized carbons (Fsp3) is 0.182. The van der Waals surface area contributed by atoms with E-state index in [9.17, 15) is 9.18 Å². The topological polar surface area (TPSA) is 48.0 Å². The van der Waals surface area contributed by atoms with Crippen LogP contribution in [-0.2, 0) is 13.6 Å². The first-order valence-corrected chi connectivity index (χ1v) is 4.61. The summed E-state index contributed by atoms with van der Waals surface area (Å²) in [5.41, 5.74) is 6.26. The first-order valence-electron chi connectivity index (χ1n) is 4.61. The van der Waals surface area contributed by atoms with Gasteiger partial charge in [-0.15, -0.1) is 0 Å². The number of fused-ring (bicyclic) bond motifs is 1. The predicted octanol–water partition coefficient (Wildman–Crippen LogP) is 1.14. The number of rotatable bonds is 1.